The number of fused-ring (bicyclic) bond motifs is 1. The molecule has 0 radical (unpaired) electrons. The molecule has 0 aliphatic carbocycles. The average Bonchev–Trinajstić information content (AvgIpc) is 2.99. The minimum absolute atomic E-state index is 0.0976. The third-order valence-electron chi connectivity index (χ3n) is 5.04. The minimum Gasteiger partial charge on any atom is -0.463 e. The third kappa shape index (κ3) is 5.06. The van der Waals surface area contributed by atoms with Gasteiger partial charge >= 0.3 is 29.8 Å². The number of Topliss-reactive ketones (excluding diaryl/α,β-unsaturated/α-hetero) is 1. The van der Waals surface area contributed by atoms with Crippen LogP contribution in [-0.2, 0) is 47.7 Å². The predicted molar refractivity (Wildman–Crippen MR) is 110 cm³/mol. The molecule has 5 atom stereocenters. The molecule has 182 valence electrons. The van der Waals surface area contributed by atoms with Crippen molar-refractivity contribution in [2.75, 3.05) is 11.5 Å². The first kappa shape index (κ1) is 24.8. The van der Waals surface area contributed by atoms with Crippen molar-refractivity contribution in [3.8, 4) is 0 Å². The number of para-hydroxylation sites is 1. The Bertz CT molecular complexity index is 1040. The molecule has 1 fully saturated rings. The number of hydrogen-bond donors (Lipinski definition) is 0. The van der Waals surface area contributed by atoms with Crippen molar-refractivity contribution in [1.29, 1.82) is 0 Å². The Morgan fingerprint density at radius 2 is 1.38 bits per heavy atom. The highest BCUT2D eigenvalue weighted by Crippen LogP contribution is 2.37. The van der Waals surface area contributed by atoms with Crippen molar-refractivity contribution in [2.24, 2.45) is 0 Å². The van der Waals surface area contributed by atoms with Gasteiger partial charge in [0.05, 0.1) is 11.3 Å². The molecule has 2 aliphatic heterocycles. The zero-order chi connectivity index (χ0) is 25.2. The Hall–Kier alpha value is -3.80. The van der Waals surface area contributed by atoms with Crippen molar-refractivity contribution in [3.05, 3.63) is 29.8 Å². The number of hydrogen-bond acceptors (Lipinski definition) is 11. The highest BCUT2D eigenvalue weighted by Gasteiger charge is 2.56. The lowest BCUT2D eigenvalue weighted by Crippen LogP contribution is -2.67. The fourth-order valence-electron chi connectivity index (χ4n) is 3.88. The van der Waals surface area contributed by atoms with Crippen LogP contribution < -0.4 is 4.90 Å². The van der Waals surface area contributed by atoms with Crippen molar-refractivity contribution in [2.45, 2.75) is 58.3 Å². The van der Waals surface area contributed by atoms with Gasteiger partial charge in [-0.1, -0.05) is 12.1 Å². The molecule has 1 amide bonds. The van der Waals surface area contributed by atoms with Gasteiger partial charge in [-0.25, -0.2) is 0 Å². The third-order valence-corrected chi connectivity index (χ3v) is 5.04. The van der Waals surface area contributed by atoms with Crippen molar-refractivity contribution in [3.63, 3.8) is 0 Å². The molecule has 1 aromatic rings. The molecular formula is C22H23NO11. The average molecular weight is 477 g/mol. The summed E-state index contributed by atoms with van der Waals surface area (Å²) >= 11 is 0. The molecule has 3 unspecified atom stereocenters. The Morgan fingerprint density at radius 3 is 1.97 bits per heavy atom. The fraction of sp³-hybridized carbons (Fsp3) is 0.455. The smallest absolute Gasteiger partial charge is 0.303 e. The van der Waals surface area contributed by atoms with Crippen LogP contribution in [0.3, 0.4) is 0 Å². The van der Waals surface area contributed by atoms with Gasteiger partial charge in [-0.3, -0.25) is 33.7 Å². The maximum atomic E-state index is 12.9. The number of carbonyl (C=O) groups is 6. The van der Waals surface area contributed by atoms with Crippen molar-refractivity contribution >= 4 is 41.3 Å². The second kappa shape index (κ2) is 10.00. The van der Waals surface area contributed by atoms with Gasteiger partial charge in [-0.2, -0.15) is 0 Å². The largest absolute Gasteiger partial charge is 0.463 e. The normalized spacial score (nSPS) is 25.9. The Kier molecular flexibility index (Phi) is 7.30. The number of ketones is 1. The highest BCUT2D eigenvalue weighted by atomic mass is 16.7. The number of carbonyl (C=O) groups excluding carboxylic acids is 6. The minimum atomic E-state index is -1.50. The second-order valence-corrected chi connectivity index (χ2v) is 7.61. The Balaban J connectivity index is 2.12. The van der Waals surface area contributed by atoms with Crippen LogP contribution in [0.5, 0.6) is 0 Å². The summed E-state index contributed by atoms with van der Waals surface area (Å²) < 4.78 is 27.0. The topological polar surface area (TPSA) is 152 Å². The molecule has 0 N–H and O–H groups in total. The molecular weight excluding hydrogens is 454 g/mol. The van der Waals surface area contributed by atoms with E-state index in [1.165, 1.54) is 12.1 Å². The second-order valence-electron chi connectivity index (χ2n) is 7.61. The number of benzene rings is 1. The number of anilines is 1. The summed E-state index contributed by atoms with van der Waals surface area (Å²) in [5, 5.41) is 0. The van der Waals surface area contributed by atoms with E-state index in [-0.39, 0.29) is 11.3 Å². The van der Waals surface area contributed by atoms with Crippen LogP contribution in [0, 0.1) is 0 Å². The van der Waals surface area contributed by atoms with E-state index in [9.17, 15) is 28.8 Å². The lowest BCUT2D eigenvalue weighted by molar-refractivity contribution is -0.251. The van der Waals surface area contributed by atoms with E-state index in [2.05, 4.69) is 0 Å². The molecule has 1 aromatic carbocycles. The quantitative estimate of drug-likeness (QED) is 0.316. The van der Waals surface area contributed by atoms with Crippen LogP contribution in [-0.4, -0.2) is 72.8 Å². The monoisotopic (exact) mass is 477 g/mol. The fourth-order valence-corrected chi connectivity index (χ4v) is 3.88. The van der Waals surface area contributed by atoms with Gasteiger partial charge in [0, 0.05) is 27.7 Å². The first-order valence-corrected chi connectivity index (χ1v) is 10.3. The van der Waals surface area contributed by atoms with E-state index in [1.807, 2.05) is 0 Å². The highest BCUT2D eigenvalue weighted by molar-refractivity contribution is 6.52. The number of ether oxygens (including phenoxy) is 5. The summed E-state index contributed by atoms with van der Waals surface area (Å²) in [5.74, 6) is -4.87. The maximum absolute atomic E-state index is 12.9. The van der Waals surface area contributed by atoms with Crippen molar-refractivity contribution < 1.29 is 52.5 Å². The molecule has 0 spiro atoms. The number of rotatable bonds is 6. The van der Waals surface area contributed by atoms with E-state index >= 15 is 0 Å². The molecule has 2 heterocycles. The van der Waals surface area contributed by atoms with Gasteiger partial charge in [0.25, 0.3) is 5.78 Å². The van der Waals surface area contributed by atoms with Crippen LogP contribution in [0.15, 0.2) is 24.3 Å². The van der Waals surface area contributed by atoms with Crippen LogP contribution in [0.2, 0.25) is 0 Å². The number of nitrogens with zero attached hydrogens (tertiary/aromatic N) is 1. The number of amides is 1. The van der Waals surface area contributed by atoms with Gasteiger partial charge < -0.3 is 23.7 Å². The summed E-state index contributed by atoms with van der Waals surface area (Å²) in [6, 6.07) is 6.09. The molecule has 1 saturated heterocycles. The van der Waals surface area contributed by atoms with Gasteiger partial charge in [-0.15, -0.1) is 0 Å². The molecule has 2 aliphatic rings. The summed E-state index contributed by atoms with van der Waals surface area (Å²) in [6.45, 7) is 3.95. The van der Waals surface area contributed by atoms with E-state index in [0.29, 0.717) is 0 Å². The van der Waals surface area contributed by atoms with Crippen LogP contribution in [0.4, 0.5) is 5.69 Å². The zero-order valence-electron chi connectivity index (χ0n) is 18.8. The molecule has 12 heteroatoms. The summed E-state index contributed by atoms with van der Waals surface area (Å²) in [4.78, 5) is 73.6. The van der Waals surface area contributed by atoms with E-state index in [0.717, 1.165) is 32.6 Å². The SMILES string of the molecule is CC(=O)OCC1O[C@@H](N2C(=O)C(=O)c3ccccc32)C(OC(C)=O)C(OC(C)=O)[C@@H]1OC(C)=O. The first-order valence-electron chi connectivity index (χ1n) is 10.3. The van der Waals surface area contributed by atoms with Gasteiger partial charge in [0.15, 0.2) is 24.5 Å². The molecule has 3 rings (SSSR count). The standard InChI is InChI=1S/C22H23NO11/c1-10(24)30-9-16-18(31-11(2)25)19(32-12(3)26)20(33-13(4)27)22(34-16)23-15-8-6-5-7-14(15)17(28)21(23)29/h5-8,16,18-20,22H,9H2,1-4H3/t16?,18-,19?,20?,22-/m1/s1. The van der Waals surface area contributed by atoms with Crippen LogP contribution in [0.1, 0.15) is 38.1 Å². The van der Waals surface area contributed by atoms with Crippen molar-refractivity contribution in [1.82, 2.24) is 0 Å². The lowest BCUT2D eigenvalue weighted by Gasteiger charge is -2.46. The van der Waals surface area contributed by atoms with Crippen LogP contribution >= 0.6 is 0 Å². The Morgan fingerprint density at radius 1 is 0.824 bits per heavy atom. The van der Waals surface area contributed by atoms with Gasteiger partial charge in [0.1, 0.15) is 12.7 Å². The summed E-state index contributed by atoms with van der Waals surface area (Å²) in [5.41, 5.74) is 0.277. The number of esters is 4. The van der Waals surface area contributed by atoms with Crippen LogP contribution in [0.25, 0.3) is 0 Å². The maximum Gasteiger partial charge on any atom is 0.303 e. The van der Waals surface area contributed by atoms with Gasteiger partial charge in [-0.05, 0) is 12.1 Å². The summed E-state index contributed by atoms with van der Waals surface area (Å²) in [6.07, 6.45) is -7.06. The molecule has 0 aromatic heterocycles. The molecule has 34 heavy (non-hydrogen) atoms. The van der Waals surface area contributed by atoms with Gasteiger partial charge in [0.2, 0.25) is 0 Å². The first-order chi connectivity index (χ1) is 16.0. The zero-order valence-corrected chi connectivity index (χ0v) is 18.8. The van der Waals surface area contributed by atoms with E-state index in [4.69, 9.17) is 23.7 Å². The molecule has 0 bridgehead atoms. The van der Waals surface area contributed by atoms with E-state index in [1.54, 1.807) is 12.1 Å². The molecule has 12 nitrogen and oxygen atoms in total. The molecule has 0 saturated carbocycles. The lowest BCUT2D eigenvalue weighted by atomic mass is 9.96. The predicted octanol–water partition coefficient (Wildman–Crippen LogP) is 0.299. The Labute approximate surface area is 194 Å². The summed E-state index contributed by atoms with van der Waals surface area (Å²) in [7, 11) is 0. The van der Waals surface area contributed by atoms with E-state index < -0.39 is 72.8 Å².